The molecule has 122 valence electrons. The fourth-order valence-electron chi connectivity index (χ4n) is 3.90. The largest absolute Gasteiger partial charge is 0.493 e. The fourth-order valence-corrected chi connectivity index (χ4v) is 3.90. The number of hydrogen-bond donors (Lipinski definition) is 1. The Kier molecular flexibility index (Phi) is 4.74. The molecule has 22 heavy (non-hydrogen) atoms. The Labute approximate surface area is 134 Å². The third-order valence-corrected chi connectivity index (χ3v) is 5.42. The van der Waals surface area contributed by atoms with Gasteiger partial charge < -0.3 is 15.4 Å². The molecule has 2 aliphatic heterocycles. The Bertz CT molecular complexity index is 514. The summed E-state index contributed by atoms with van der Waals surface area (Å²) >= 11 is 0. The zero-order chi connectivity index (χ0) is 15.7. The van der Waals surface area contributed by atoms with Crippen LogP contribution < -0.4 is 10.5 Å². The molecule has 1 saturated heterocycles. The molecule has 2 aliphatic rings. The maximum atomic E-state index is 6.62. The van der Waals surface area contributed by atoms with Gasteiger partial charge in [0.15, 0.2) is 0 Å². The van der Waals surface area contributed by atoms with Gasteiger partial charge in [-0.2, -0.15) is 0 Å². The van der Waals surface area contributed by atoms with Crippen LogP contribution in [0.2, 0.25) is 0 Å². The van der Waals surface area contributed by atoms with Crippen molar-refractivity contribution in [2.75, 3.05) is 19.7 Å². The maximum Gasteiger partial charge on any atom is 0.127 e. The van der Waals surface area contributed by atoms with Gasteiger partial charge in [-0.1, -0.05) is 38.5 Å². The van der Waals surface area contributed by atoms with Gasteiger partial charge in [-0.05, 0) is 37.8 Å². The first-order chi connectivity index (χ1) is 10.6. The van der Waals surface area contributed by atoms with Crippen molar-refractivity contribution in [3.8, 4) is 5.75 Å². The van der Waals surface area contributed by atoms with E-state index in [1.165, 1.54) is 36.9 Å². The minimum Gasteiger partial charge on any atom is -0.493 e. The second-order valence-corrected chi connectivity index (χ2v) is 7.36. The number of nitrogens with two attached hydrogens (primary N) is 1. The minimum atomic E-state index is 0.0941. The van der Waals surface area contributed by atoms with E-state index in [9.17, 15) is 0 Å². The fraction of sp³-hybridized carbons (Fsp3) is 0.684. The first-order valence-electron chi connectivity index (χ1n) is 8.83. The van der Waals surface area contributed by atoms with Crippen molar-refractivity contribution in [1.29, 1.82) is 0 Å². The molecule has 3 unspecified atom stereocenters. The molecule has 0 aromatic heterocycles. The molecule has 1 aromatic rings. The summed E-state index contributed by atoms with van der Waals surface area (Å²) < 4.78 is 6.17. The summed E-state index contributed by atoms with van der Waals surface area (Å²) in [7, 11) is 0. The molecule has 0 radical (unpaired) electrons. The summed E-state index contributed by atoms with van der Waals surface area (Å²) in [5.41, 5.74) is 9.11. The van der Waals surface area contributed by atoms with Crippen LogP contribution in [0.25, 0.3) is 0 Å². The number of benzene rings is 1. The number of hydrogen-bond acceptors (Lipinski definition) is 3. The second-order valence-electron chi connectivity index (χ2n) is 7.36. The van der Waals surface area contributed by atoms with E-state index in [2.05, 4.69) is 43.9 Å². The summed E-state index contributed by atoms with van der Waals surface area (Å²) in [4.78, 5) is 2.61. The number of rotatable bonds is 3. The molecule has 0 bridgehead atoms. The van der Waals surface area contributed by atoms with Crippen molar-refractivity contribution in [3.05, 3.63) is 29.3 Å². The van der Waals surface area contributed by atoms with Gasteiger partial charge in [0.25, 0.3) is 0 Å². The zero-order valence-corrected chi connectivity index (χ0v) is 14.2. The zero-order valence-electron chi connectivity index (χ0n) is 14.2. The molecule has 2 heterocycles. The van der Waals surface area contributed by atoms with E-state index < -0.39 is 0 Å². The molecule has 1 fully saturated rings. The summed E-state index contributed by atoms with van der Waals surface area (Å²) in [5.74, 6) is 1.92. The molecular weight excluding hydrogens is 272 g/mol. The van der Waals surface area contributed by atoms with Gasteiger partial charge >= 0.3 is 0 Å². The number of nitrogens with zero attached hydrogens (tertiary/aromatic N) is 1. The monoisotopic (exact) mass is 302 g/mol. The molecule has 0 aliphatic carbocycles. The van der Waals surface area contributed by atoms with Crippen LogP contribution in [0.1, 0.15) is 63.1 Å². The molecule has 3 atom stereocenters. The van der Waals surface area contributed by atoms with Crippen molar-refractivity contribution < 1.29 is 4.74 Å². The average molecular weight is 302 g/mol. The smallest absolute Gasteiger partial charge is 0.127 e. The SMILES string of the molecule is CC(C)c1cccc2c1OCC(CN1CCCCC1C)C2N. The van der Waals surface area contributed by atoms with E-state index in [4.69, 9.17) is 10.5 Å². The predicted molar refractivity (Wildman–Crippen MR) is 91.3 cm³/mol. The lowest BCUT2D eigenvalue weighted by atomic mass is 9.87. The highest BCUT2D eigenvalue weighted by molar-refractivity contribution is 5.46. The summed E-state index contributed by atoms with van der Waals surface area (Å²) in [6, 6.07) is 7.23. The van der Waals surface area contributed by atoms with Crippen molar-refractivity contribution >= 4 is 0 Å². The molecule has 0 amide bonds. The van der Waals surface area contributed by atoms with Gasteiger partial charge in [0.05, 0.1) is 6.61 Å². The van der Waals surface area contributed by atoms with E-state index in [0.29, 0.717) is 17.9 Å². The average Bonchev–Trinajstić information content (AvgIpc) is 2.51. The highest BCUT2D eigenvalue weighted by atomic mass is 16.5. The van der Waals surface area contributed by atoms with Crippen LogP contribution in [0, 0.1) is 5.92 Å². The van der Waals surface area contributed by atoms with Crippen molar-refractivity contribution in [2.24, 2.45) is 11.7 Å². The van der Waals surface area contributed by atoms with Crippen LogP contribution in [0.5, 0.6) is 5.75 Å². The van der Waals surface area contributed by atoms with Gasteiger partial charge in [0, 0.05) is 30.1 Å². The molecule has 3 heteroatoms. The highest BCUT2D eigenvalue weighted by Crippen LogP contribution is 2.39. The van der Waals surface area contributed by atoms with Gasteiger partial charge in [0.2, 0.25) is 0 Å². The van der Waals surface area contributed by atoms with Crippen LogP contribution in [0.3, 0.4) is 0 Å². The molecule has 0 spiro atoms. The first kappa shape index (κ1) is 15.8. The molecule has 1 aromatic carbocycles. The Morgan fingerprint density at radius 1 is 1.32 bits per heavy atom. The predicted octanol–water partition coefficient (Wildman–Crippen LogP) is 3.69. The molecular formula is C19H30N2O. The van der Waals surface area contributed by atoms with Crippen LogP contribution >= 0.6 is 0 Å². The normalized spacial score (nSPS) is 29.2. The number of fused-ring (bicyclic) bond motifs is 1. The van der Waals surface area contributed by atoms with Gasteiger partial charge in [0.1, 0.15) is 5.75 Å². The number of likely N-dealkylation sites (tertiary alicyclic amines) is 1. The Balaban J connectivity index is 1.76. The molecule has 3 rings (SSSR count). The maximum absolute atomic E-state index is 6.62. The second kappa shape index (κ2) is 6.59. The van der Waals surface area contributed by atoms with E-state index >= 15 is 0 Å². The number of ether oxygens (including phenoxy) is 1. The summed E-state index contributed by atoms with van der Waals surface area (Å²) in [5, 5.41) is 0. The minimum absolute atomic E-state index is 0.0941. The van der Waals surface area contributed by atoms with Crippen LogP contribution in [0.4, 0.5) is 0 Å². The Hall–Kier alpha value is -1.06. The van der Waals surface area contributed by atoms with Crippen molar-refractivity contribution in [2.45, 2.75) is 58.0 Å². The van der Waals surface area contributed by atoms with E-state index in [1.54, 1.807) is 0 Å². The first-order valence-corrected chi connectivity index (χ1v) is 8.83. The quantitative estimate of drug-likeness (QED) is 0.925. The summed E-state index contributed by atoms with van der Waals surface area (Å²) in [6.45, 7) is 9.80. The van der Waals surface area contributed by atoms with Gasteiger partial charge in [-0.15, -0.1) is 0 Å². The lowest BCUT2D eigenvalue weighted by Crippen LogP contribution is -2.45. The Morgan fingerprint density at radius 3 is 2.86 bits per heavy atom. The van der Waals surface area contributed by atoms with Gasteiger partial charge in [-0.25, -0.2) is 0 Å². The van der Waals surface area contributed by atoms with Crippen molar-refractivity contribution in [1.82, 2.24) is 4.90 Å². The third-order valence-electron chi connectivity index (χ3n) is 5.42. The van der Waals surface area contributed by atoms with E-state index in [-0.39, 0.29) is 6.04 Å². The summed E-state index contributed by atoms with van der Waals surface area (Å²) in [6.07, 6.45) is 4.00. The van der Waals surface area contributed by atoms with E-state index in [0.717, 1.165) is 18.9 Å². The van der Waals surface area contributed by atoms with Crippen LogP contribution in [-0.4, -0.2) is 30.6 Å². The topological polar surface area (TPSA) is 38.5 Å². The molecule has 0 saturated carbocycles. The highest BCUT2D eigenvalue weighted by Gasteiger charge is 2.32. The lowest BCUT2D eigenvalue weighted by molar-refractivity contribution is 0.0935. The van der Waals surface area contributed by atoms with Gasteiger partial charge in [-0.3, -0.25) is 0 Å². The Morgan fingerprint density at radius 2 is 2.14 bits per heavy atom. The molecule has 2 N–H and O–H groups in total. The molecule has 3 nitrogen and oxygen atoms in total. The van der Waals surface area contributed by atoms with Crippen LogP contribution in [-0.2, 0) is 0 Å². The van der Waals surface area contributed by atoms with Crippen LogP contribution in [0.15, 0.2) is 18.2 Å². The number of para-hydroxylation sites is 1. The third kappa shape index (κ3) is 3.02. The van der Waals surface area contributed by atoms with Crippen molar-refractivity contribution in [3.63, 3.8) is 0 Å². The lowest BCUT2D eigenvalue weighted by Gasteiger charge is -2.40. The van der Waals surface area contributed by atoms with E-state index in [1.807, 2.05) is 0 Å². The standard InChI is InChI=1S/C19H30N2O/c1-13(2)16-8-6-9-17-18(20)15(12-22-19(16)17)11-21-10-5-4-7-14(21)3/h6,8-9,13-15,18H,4-5,7,10-12,20H2,1-3H3. The number of piperidine rings is 1.